The van der Waals surface area contributed by atoms with Crippen molar-refractivity contribution in [3.05, 3.63) is 53.3 Å². The molecule has 1 fully saturated rings. The summed E-state index contributed by atoms with van der Waals surface area (Å²) in [5.74, 6) is 1.73. The summed E-state index contributed by atoms with van der Waals surface area (Å²) in [5.41, 5.74) is 3.52. The summed E-state index contributed by atoms with van der Waals surface area (Å²) < 4.78 is 10.8. The number of benzene rings is 1. The lowest BCUT2D eigenvalue weighted by molar-refractivity contribution is 0.0476. The number of aliphatic hydroxyl groups excluding tert-OH is 1. The molecule has 2 atom stereocenters. The first-order chi connectivity index (χ1) is 12.2. The van der Waals surface area contributed by atoms with E-state index >= 15 is 0 Å². The van der Waals surface area contributed by atoms with Crippen LogP contribution in [0.25, 0.3) is 0 Å². The van der Waals surface area contributed by atoms with Crippen LogP contribution in [0.2, 0.25) is 0 Å². The molecule has 0 aliphatic carbocycles. The Morgan fingerprint density at radius 2 is 2.08 bits per heavy atom. The van der Waals surface area contributed by atoms with Crippen LogP contribution < -0.4 is 9.47 Å². The van der Waals surface area contributed by atoms with E-state index in [0.29, 0.717) is 6.54 Å². The Morgan fingerprint density at radius 3 is 2.92 bits per heavy atom. The molecule has 0 bridgehead atoms. The Bertz CT molecular complexity index is 749. The van der Waals surface area contributed by atoms with Crippen molar-refractivity contribution in [1.29, 1.82) is 0 Å². The zero-order valence-corrected chi connectivity index (χ0v) is 14.5. The number of aryl methyl sites for hydroxylation is 1. The van der Waals surface area contributed by atoms with E-state index in [1.54, 1.807) is 0 Å². The highest BCUT2D eigenvalue weighted by atomic mass is 16.7. The maximum absolute atomic E-state index is 10.7. The normalized spacial score (nSPS) is 23.0. The highest BCUT2D eigenvalue weighted by molar-refractivity contribution is 5.45. The van der Waals surface area contributed by atoms with Crippen LogP contribution in [0.1, 0.15) is 36.1 Å². The molecule has 1 aromatic carbocycles. The average molecular weight is 340 g/mol. The van der Waals surface area contributed by atoms with E-state index in [4.69, 9.17) is 9.47 Å². The Kier molecular flexibility index (Phi) is 4.59. The second-order valence-corrected chi connectivity index (χ2v) is 6.82. The molecule has 2 aliphatic heterocycles. The predicted molar refractivity (Wildman–Crippen MR) is 94.8 cm³/mol. The third kappa shape index (κ3) is 3.48. The molecular formula is C20H24N2O3. The lowest BCUT2D eigenvalue weighted by Crippen LogP contribution is -2.42. The van der Waals surface area contributed by atoms with Gasteiger partial charge in [-0.1, -0.05) is 13.0 Å². The summed E-state index contributed by atoms with van der Waals surface area (Å²) in [5, 5.41) is 10.7. The molecule has 1 aromatic heterocycles. The first-order valence-electron chi connectivity index (χ1n) is 8.96. The molecule has 132 valence electrons. The van der Waals surface area contributed by atoms with Crippen LogP contribution in [0.5, 0.6) is 11.5 Å². The molecule has 1 N–H and O–H groups in total. The number of nitrogens with zero attached hydrogens (tertiary/aromatic N) is 2. The van der Waals surface area contributed by atoms with Crippen LogP contribution >= 0.6 is 0 Å². The number of piperidine rings is 1. The van der Waals surface area contributed by atoms with E-state index in [2.05, 4.69) is 28.9 Å². The molecule has 0 spiro atoms. The number of aromatic nitrogens is 1. The molecule has 25 heavy (non-hydrogen) atoms. The smallest absolute Gasteiger partial charge is 0.231 e. The van der Waals surface area contributed by atoms with Gasteiger partial charge in [-0.25, -0.2) is 0 Å². The number of β-amino-alcohol motifs (C(OH)–C–C–N with tert-alkyl or cyclic N) is 1. The highest BCUT2D eigenvalue weighted by Gasteiger charge is 2.30. The Balaban J connectivity index is 1.41. The van der Waals surface area contributed by atoms with Crippen molar-refractivity contribution in [2.45, 2.75) is 38.3 Å². The maximum Gasteiger partial charge on any atom is 0.231 e. The lowest BCUT2D eigenvalue weighted by atomic mass is 9.86. The first kappa shape index (κ1) is 16.4. The van der Waals surface area contributed by atoms with Crippen LogP contribution in [-0.2, 0) is 13.0 Å². The van der Waals surface area contributed by atoms with Crippen LogP contribution in [0.4, 0.5) is 0 Å². The number of rotatable bonds is 4. The van der Waals surface area contributed by atoms with E-state index in [9.17, 15) is 5.11 Å². The molecule has 0 radical (unpaired) electrons. The summed E-state index contributed by atoms with van der Waals surface area (Å²) in [6.07, 6.45) is 3.39. The van der Waals surface area contributed by atoms with Crippen LogP contribution in [-0.4, -0.2) is 41.0 Å². The maximum atomic E-state index is 10.7. The first-order valence-corrected chi connectivity index (χ1v) is 8.96. The van der Waals surface area contributed by atoms with Gasteiger partial charge >= 0.3 is 0 Å². The van der Waals surface area contributed by atoms with Gasteiger partial charge in [-0.3, -0.25) is 9.88 Å². The summed E-state index contributed by atoms with van der Waals surface area (Å²) >= 11 is 0. The van der Waals surface area contributed by atoms with Gasteiger partial charge in [0.15, 0.2) is 11.5 Å². The molecule has 2 aromatic rings. The average Bonchev–Trinajstić information content (AvgIpc) is 3.10. The fourth-order valence-corrected chi connectivity index (χ4v) is 3.75. The van der Waals surface area contributed by atoms with E-state index in [0.717, 1.165) is 48.7 Å². The van der Waals surface area contributed by atoms with E-state index in [-0.39, 0.29) is 18.8 Å². The van der Waals surface area contributed by atoms with Gasteiger partial charge < -0.3 is 14.6 Å². The summed E-state index contributed by atoms with van der Waals surface area (Å²) in [4.78, 5) is 6.68. The van der Waals surface area contributed by atoms with Gasteiger partial charge in [0.1, 0.15) is 0 Å². The topological polar surface area (TPSA) is 54.8 Å². The van der Waals surface area contributed by atoms with Gasteiger partial charge in [-0.05, 0) is 54.8 Å². The van der Waals surface area contributed by atoms with Crippen molar-refractivity contribution in [3.8, 4) is 11.5 Å². The van der Waals surface area contributed by atoms with Gasteiger partial charge in [0.25, 0.3) is 0 Å². The Hall–Kier alpha value is -2.11. The minimum Gasteiger partial charge on any atom is -0.454 e. The fourth-order valence-electron chi connectivity index (χ4n) is 3.75. The molecule has 4 rings (SSSR count). The fraction of sp³-hybridized carbons (Fsp3) is 0.450. The van der Waals surface area contributed by atoms with Crippen LogP contribution in [0.15, 0.2) is 36.5 Å². The second-order valence-electron chi connectivity index (χ2n) is 6.82. The van der Waals surface area contributed by atoms with E-state index in [1.807, 2.05) is 24.4 Å². The van der Waals surface area contributed by atoms with Crippen molar-refractivity contribution in [3.63, 3.8) is 0 Å². The summed E-state index contributed by atoms with van der Waals surface area (Å²) in [7, 11) is 0. The largest absolute Gasteiger partial charge is 0.454 e. The number of pyridine rings is 1. The molecule has 2 unspecified atom stereocenters. The van der Waals surface area contributed by atoms with Crippen molar-refractivity contribution in [2.24, 2.45) is 0 Å². The van der Waals surface area contributed by atoms with Crippen molar-refractivity contribution >= 4 is 0 Å². The van der Waals surface area contributed by atoms with Gasteiger partial charge in [-0.15, -0.1) is 0 Å². The van der Waals surface area contributed by atoms with E-state index < -0.39 is 0 Å². The number of ether oxygens (including phenoxy) is 2. The minimum atomic E-state index is -0.374. The predicted octanol–water partition coefficient (Wildman–Crippen LogP) is 2.72. The quantitative estimate of drug-likeness (QED) is 0.927. The third-order valence-corrected chi connectivity index (χ3v) is 5.14. The number of hydrogen-bond acceptors (Lipinski definition) is 5. The Morgan fingerprint density at radius 1 is 1.20 bits per heavy atom. The molecule has 3 heterocycles. The van der Waals surface area contributed by atoms with Gasteiger partial charge in [0, 0.05) is 30.9 Å². The molecule has 5 nitrogen and oxygen atoms in total. The van der Waals surface area contributed by atoms with Crippen molar-refractivity contribution in [2.75, 3.05) is 19.9 Å². The van der Waals surface area contributed by atoms with Crippen molar-refractivity contribution in [1.82, 2.24) is 9.88 Å². The number of hydrogen-bond donors (Lipinski definition) is 1. The van der Waals surface area contributed by atoms with Crippen LogP contribution in [0.3, 0.4) is 0 Å². The zero-order chi connectivity index (χ0) is 17.2. The van der Waals surface area contributed by atoms with E-state index in [1.165, 1.54) is 5.56 Å². The van der Waals surface area contributed by atoms with Gasteiger partial charge in [-0.2, -0.15) is 0 Å². The van der Waals surface area contributed by atoms with Gasteiger partial charge in [0.2, 0.25) is 6.79 Å². The number of aliphatic hydroxyl groups is 1. The SMILES string of the molecule is CCc1cc(CN2CCC(c3ccc4c(c3)OCO4)C(O)C2)ccn1. The third-order valence-electron chi connectivity index (χ3n) is 5.14. The number of fused-ring (bicyclic) bond motifs is 1. The van der Waals surface area contributed by atoms with Gasteiger partial charge in [0.05, 0.1) is 6.10 Å². The van der Waals surface area contributed by atoms with Crippen LogP contribution in [0, 0.1) is 0 Å². The highest BCUT2D eigenvalue weighted by Crippen LogP contribution is 2.37. The minimum absolute atomic E-state index is 0.148. The molecule has 0 saturated carbocycles. The molecular weight excluding hydrogens is 316 g/mol. The molecule has 2 aliphatic rings. The molecule has 1 saturated heterocycles. The molecule has 5 heteroatoms. The lowest BCUT2D eigenvalue weighted by Gasteiger charge is -2.36. The summed E-state index contributed by atoms with van der Waals surface area (Å²) in [6.45, 7) is 4.92. The van der Waals surface area contributed by atoms with Crippen molar-refractivity contribution < 1.29 is 14.6 Å². The standard InChI is InChI=1S/C20H24N2O3/c1-2-16-9-14(5-7-21-16)11-22-8-6-17(18(23)12-22)15-3-4-19-20(10-15)25-13-24-19/h3-5,7,9-10,17-18,23H,2,6,8,11-13H2,1H3. The summed E-state index contributed by atoms with van der Waals surface area (Å²) in [6, 6.07) is 10.2. The molecule has 0 amide bonds. The Labute approximate surface area is 148 Å². The number of likely N-dealkylation sites (tertiary alicyclic amines) is 1. The zero-order valence-electron chi connectivity index (χ0n) is 14.5. The monoisotopic (exact) mass is 340 g/mol. The second kappa shape index (κ2) is 7.02.